The van der Waals surface area contributed by atoms with Crippen LogP contribution in [0.1, 0.15) is 27.8 Å². The van der Waals surface area contributed by atoms with E-state index >= 15 is 0 Å². The molecular weight excluding hydrogens is 524 g/mol. The van der Waals surface area contributed by atoms with Crippen molar-refractivity contribution >= 4 is 46.4 Å². The highest BCUT2D eigenvalue weighted by Gasteiger charge is 2.36. The van der Waals surface area contributed by atoms with Crippen LogP contribution in [0.2, 0.25) is 0 Å². The Kier molecular flexibility index (Phi) is 8.10. The molecule has 0 bridgehead atoms. The lowest BCUT2D eigenvalue weighted by molar-refractivity contribution is -0.120. The number of anilines is 4. The fourth-order valence-electron chi connectivity index (χ4n) is 4.60. The molecule has 0 radical (unpaired) electrons. The highest BCUT2D eigenvalue weighted by Crippen LogP contribution is 2.37. The monoisotopic (exact) mass is 552 g/mol. The third-order valence-corrected chi connectivity index (χ3v) is 6.52. The highest BCUT2D eigenvalue weighted by molar-refractivity contribution is 6.10. The van der Waals surface area contributed by atoms with Crippen LogP contribution in [0.3, 0.4) is 0 Å². The minimum atomic E-state index is -1.02. The number of carbonyl (C=O) groups is 4. The van der Waals surface area contributed by atoms with Crippen LogP contribution in [0.15, 0.2) is 102 Å². The number of nitrogens with one attached hydrogen (secondary N) is 2. The van der Waals surface area contributed by atoms with E-state index in [2.05, 4.69) is 10.6 Å². The Morgan fingerprint density at radius 3 is 2.29 bits per heavy atom. The average Bonchev–Trinajstić information content (AvgIpc) is 3.51. The van der Waals surface area contributed by atoms with Gasteiger partial charge in [-0.25, -0.2) is 9.59 Å². The van der Waals surface area contributed by atoms with E-state index in [1.165, 1.54) is 11.2 Å². The molecule has 1 unspecified atom stereocenters. The van der Waals surface area contributed by atoms with Crippen LogP contribution in [0.25, 0.3) is 0 Å². The maximum Gasteiger partial charge on any atom is 0.338 e. The number of esters is 1. The number of hydrogen-bond donors (Lipinski definition) is 2. The number of Topliss-reactive ketones (excluding diaryl/α,β-unsaturated/α-hetero) is 1. The number of furan rings is 1. The topological polar surface area (TPSA) is 121 Å². The molecule has 0 fully saturated rings. The van der Waals surface area contributed by atoms with Crippen LogP contribution in [-0.2, 0) is 9.53 Å². The summed E-state index contributed by atoms with van der Waals surface area (Å²) in [5, 5.41) is 5.49. The molecule has 4 aromatic rings. The van der Waals surface area contributed by atoms with E-state index in [9.17, 15) is 19.2 Å². The first-order valence-electron chi connectivity index (χ1n) is 13.1. The Bertz CT molecular complexity index is 1540. The van der Waals surface area contributed by atoms with E-state index in [-0.39, 0.29) is 31.2 Å². The van der Waals surface area contributed by atoms with Crippen molar-refractivity contribution in [3.63, 3.8) is 0 Å². The molecule has 41 heavy (non-hydrogen) atoms. The molecule has 3 aromatic carbocycles. The zero-order chi connectivity index (χ0) is 28.8. The zero-order valence-electron chi connectivity index (χ0n) is 22.3. The molecule has 2 N–H and O–H groups in total. The number of rotatable bonds is 8. The van der Waals surface area contributed by atoms with E-state index in [0.29, 0.717) is 22.6 Å². The van der Waals surface area contributed by atoms with Crippen LogP contribution in [0.4, 0.5) is 27.5 Å². The molecule has 1 aromatic heterocycles. The van der Waals surface area contributed by atoms with Crippen LogP contribution < -0.4 is 20.4 Å². The van der Waals surface area contributed by atoms with Crippen LogP contribution in [0.5, 0.6) is 0 Å². The third-order valence-electron chi connectivity index (χ3n) is 6.52. The van der Waals surface area contributed by atoms with Gasteiger partial charge in [0, 0.05) is 11.4 Å². The van der Waals surface area contributed by atoms with E-state index < -0.39 is 23.9 Å². The smallest absolute Gasteiger partial charge is 0.338 e. The number of nitrogens with zero attached hydrogens (tertiary/aromatic N) is 2. The van der Waals surface area contributed by atoms with Gasteiger partial charge < -0.3 is 29.6 Å². The minimum absolute atomic E-state index is 0.112. The first-order chi connectivity index (χ1) is 19.9. The van der Waals surface area contributed by atoms with Crippen LogP contribution in [0, 0.1) is 0 Å². The number of amides is 3. The Hall–Kier alpha value is -5.38. The lowest BCUT2D eigenvalue weighted by Gasteiger charge is -2.27. The zero-order valence-corrected chi connectivity index (χ0v) is 22.3. The van der Waals surface area contributed by atoms with Gasteiger partial charge in [0.05, 0.1) is 42.9 Å². The predicted octanol–water partition coefficient (Wildman–Crippen LogP) is 5.01. The molecule has 0 saturated carbocycles. The molecular formula is C31H28N4O6. The summed E-state index contributed by atoms with van der Waals surface area (Å²) >= 11 is 0. The summed E-state index contributed by atoms with van der Waals surface area (Å²) in [7, 11) is 0. The predicted molar refractivity (Wildman–Crippen MR) is 154 cm³/mol. The fraction of sp³-hybridized carbons (Fsp3) is 0.161. The SMILES string of the molecule is CCOC(=O)c1ccc(NC(=O)NC2CN(c3ccccc3)c3ccccc3N(CC(=O)c3ccco3)C2=O)cc1. The first kappa shape index (κ1) is 27.2. The minimum Gasteiger partial charge on any atom is -0.462 e. The van der Waals surface area contributed by atoms with Gasteiger partial charge in [0.25, 0.3) is 5.91 Å². The number of benzene rings is 3. The average molecular weight is 553 g/mol. The van der Waals surface area contributed by atoms with Crippen LogP contribution in [-0.4, -0.2) is 49.4 Å². The van der Waals surface area contributed by atoms with Gasteiger partial charge in [-0.05, 0) is 67.6 Å². The van der Waals surface area contributed by atoms with Crippen molar-refractivity contribution < 1.29 is 28.3 Å². The highest BCUT2D eigenvalue weighted by atomic mass is 16.5. The van der Waals surface area contributed by atoms with Crippen molar-refractivity contribution in [2.45, 2.75) is 13.0 Å². The van der Waals surface area contributed by atoms with Gasteiger partial charge in [0.15, 0.2) is 5.76 Å². The number of ketones is 1. The Morgan fingerprint density at radius 1 is 0.902 bits per heavy atom. The standard InChI is InChI=1S/C31H28N4O6/c1-2-40-30(38)21-14-16-22(17-15-21)32-31(39)33-24-19-34(23-9-4-3-5-10-23)25-11-6-7-12-26(25)35(29(24)37)20-27(36)28-13-8-18-41-28/h3-18,24H,2,19-20H2,1H3,(H2,32,33,39). The number of hydrogen-bond acceptors (Lipinski definition) is 7. The summed E-state index contributed by atoms with van der Waals surface area (Å²) in [4.78, 5) is 55.4. The van der Waals surface area contributed by atoms with E-state index in [4.69, 9.17) is 9.15 Å². The maximum atomic E-state index is 14.0. The van der Waals surface area contributed by atoms with Crippen molar-refractivity contribution in [3.8, 4) is 0 Å². The maximum absolute atomic E-state index is 14.0. The second-order valence-corrected chi connectivity index (χ2v) is 9.21. The van der Waals surface area contributed by atoms with Crippen molar-refractivity contribution in [3.05, 3.63) is 109 Å². The van der Waals surface area contributed by atoms with Gasteiger partial charge in [-0.3, -0.25) is 9.59 Å². The van der Waals surface area contributed by atoms with E-state index in [0.717, 1.165) is 5.69 Å². The van der Waals surface area contributed by atoms with Gasteiger partial charge in [-0.15, -0.1) is 0 Å². The van der Waals surface area contributed by atoms with E-state index in [1.807, 2.05) is 47.4 Å². The van der Waals surface area contributed by atoms with Crippen molar-refractivity contribution in [2.24, 2.45) is 0 Å². The normalized spacial score (nSPS) is 14.6. The molecule has 1 aliphatic heterocycles. The van der Waals surface area contributed by atoms with Crippen molar-refractivity contribution in [1.82, 2.24) is 5.32 Å². The number of fused-ring (bicyclic) bond motifs is 1. The summed E-state index contributed by atoms with van der Waals surface area (Å²) in [5.41, 5.74) is 2.82. The Labute approximate surface area is 236 Å². The fourth-order valence-corrected chi connectivity index (χ4v) is 4.60. The van der Waals surface area contributed by atoms with Crippen molar-refractivity contribution in [2.75, 3.05) is 34.8 Å². The second kappa shape index (κ2) is 12.2. The molecule has 3 amide bonds. The number of ether oxygens (including phenoxy) is 1. The third kappa shape index (κ3) is 6.11. The van der Waals surface area contributed by atoms with Crippen LogP contribution >= 0.6 is 0 Å². The molecule has 0 saturated heterocycles. The molecule has 1 atom stereocenters. The Morgan fingerprint density at radius 2 is 1.61 bits per heavy atom. The molecule has 10 nitrogen and oxygen atoms in total. The summed E-state index contributed by atoms with van der Waals surface area (Å²) in [5.74, 6) is -1.16. The molecule has 5 rings (SSSR count). The Balaban J connectivity index is 1.43. The van der Waals surface area contributed by atoms with Gasteiger partial charge in [0.2, 0.25) is 5.78 Å². The molecule has 208 valence electrons. The summed E-state index contributed by atoms with van der Waals surface area (Å²) in [6.07, 6.45) is 1.40. The van der Waals surface area contributed by atoms with E-state index in [1.54, 1.807) is 55.5 Å². The summed E-state index contributed by atoms with van der Waals surface area (Å²) in [6, 6.07) is 24.5. The molecule has 2 heterocycles. The van der Waals surface area contributed by atoms with Gasteiger partial charge in [-0.1, -0.05) is 30.3 Å². The number of carbonyl (C=O) groups excluding carboxylic acids is 4. The lowest BCUT2D eigenvalue weighted by Crippen LogP contribution is -2.53. The molecule has 0 aliphatic carbocycles. The molecule has 0 spiro atoms. The van der Waals surface area contributed by atoms with Crippen molar-refractivity contribution in [1.29, 1.82) is 0 Å². The number of para-hydroxylation sites is 3. The largest absolute Gasteiger partial charge is 0.462 e. The lowest BCUT2D eigenvalue weighted by atomic mass is 10.2. The second-order valence-electron chi connectivity index (χ2n) is 9.21. The summed E-state index contributed by atoms with van der Waals surface area (Å²) in [6.45, 7) is 1.81. The first-order valence-corrected chi connectivity index (χ1v) is 13.1. The molecule has 1 aliphatic rings. The van der Waals surface area contributed by atoms with Gasteiger partial charge in [-0.2, -0.15) is 0 Å². The summed E-state index contributed by atoms with van der Waals surface area (Å²) < 4.78 is 10.3. The molecule has 10 heteroatoms. The quantitative estimate of drug-likeness (QED) is 0.233. The van der Waals surface area contributed by atoms with Gasteiger partial charge >= 0.3 is 12.0 Å². The number of urea groups is 1. The van der Waals surface area contributed by atoms with Gasteiger partial charge in [0.1, 0.15) is 6.04 Å².